The van der Waals surface area contributed by atoms with Crippen molar-refractivity contribution < 1.29 is 55.2 Å². The number of carbonyl (C=O) groups excluding carboxylic acids is 1. The van der Waals surface area contributed by atoms with Crippen LogP contribution >= 0.6 is 0 Å². The molecule has 1 heterocycles. The largest absolute Gasteiger partial charge is 0.573 e. The highest BCUT2D eigenvalue weighted by atomic mass is 19.4. The molecule has 0 aliphatic rings. The Morgan fingerprint density at radius 1 is 0.933 bits per heavy atom. The van der Waals surface area contributed by atoms with E-state index < -0.39 is 41.8 Å². The number of ether oxygens (including phenoxy) is 3. The zero-order valence-corrected chi connectivity index (χ0v) is 23.6. The molecule has 4 aromatic rings. The summed E-state index contributed by atoms with van der Waals surface area (Å²) in [4.78, 5) is 23.0. The van der Waals surface area contributed by atoms with E-state index in [1.165, 1.54) is 42.6 Å². The van der Waals surface area contributed by atoms with Crippen LogP contribution in [0, 0.1) is 0 Å². The second-order valence-corrected chi connectivity index (χ2v) is 9.74. The van der Waals surface area contributed by atoms with E-state index in [0.717, 1.165) is 35.0 Å². The van der Waals surface area contributed by atoms with Gasteiger partial charge in [-0.3, -0.25) is 9.59 Å². The molecular formula is C30H25F6N3O6. The van der Waals surface area contributed by atoms with Crippen molar-refractivity contribution >= 4 is 11.9 Å². The van der Waals surface area contributed by atoms with Gasteiger partial charge in [-0.05, 0) is 74.0 Å². The van der Waals surface area contributed by atoms with Gasteiger partial charge in [0.25, 0.3) is 5.91 Å². The van der Waals surface area contributed by atoms with Crippen molar-refractivity contribution in [3.8, 4) is 39.9 Å². The van der Waals surface area contributed by atoms with E-state index in [1.54, 1.807) is 13.8 Å². The monoisotopic (exact) mass is 637 g/mol. The highest BCUT2D eigenvalue weighted by molar-refractivity contribution is 5.94. The number of aliphatic carboxylic acids is 1. The molecule has 0 radical (unpaired) electrons. The lowest BCUT2D eigenvalue weighted by atomic mass is 10.1. The van der Waals surface area contributed by atoms with Gasteiger partial charge < -0.3 is 24.6 Å². The molecule has 0 saturated carbocycles. The first-order valence-corrected chi connectivity index (χ1v) is 13.2. The van der Waals surface area contributed by atoms with Crippen molar-refractivity contribution in [3.63, 3.8) is 0 Å². The predicted molar refractivity (Wildman–Crippen MR) is 148 cm³/mol. The van der Waals surface area contributed by atoms with E-state index in [4.69, 9.17) is 14.6 Å². The molecule has 0 atom stereocenters. The van der Waals surface area contributed by atoms with E-state index in [1.807, 2.05) is 0 Å². The van der Waals surface area contributed by atoms with Gasteiger partial charge in [-0.2, -0.15) is 13.2 Å². The lowest BCUT2D eigenvalue weighted by Crippen LogP contribution is -2.25. The first kappa shape index (κ1) is 32.7. The summed E-state index contributed by atoms with van der Waals surface area (Å²) in [6.07, 6.45) is -8.95. The van der Waals surface area contributed by atoms with Crippen molar-refractivity contribution in [3.05, 3.63) is 84.1 Å². The van der Waals surface area contributed by atoms with Gasteiger partial charge in [0, 0.05) is 18.3 Å². The summed E-state index contributed by atoms with van der Waals surface area (Å²) in [7, 11) is 0. The topological polar surface area (TPSA) is 112 Å². The smallest absolute Gasteiger partial charge is 0.489 e. The summed E-state index contributed by atoms with van der Waals surface area (Å²) in [5, 5.41) is 15.5. The molecule has 1 aromatic heterocycles. The lowest BCUT2D eigenvalue weighted by molar-refractivity contribution is -0.274. The second kappa shape index (κ2) is 13.2. The summed E-state index contributed by atoms with van der Waals surface area (Å²) < 4.78 is 95.6. The first-order valence-electron chi connectivity index (χ1n) is 13.2. The summed E-state index contributed by atoms with van der Waals surface area (Å²) in [5.41, 5.74) is -0.382. The third-order valence-corrected chi connectivity index (χ3v) is 5.93. The maximum atomic E-state index is 13.6. The number of aromatic nitrogens is 2. The number of nitrogens with one attached hydrogen (secondary N) is 1. The number of carbonyl (C=O) groups is 2. The van der Waals surface area contributed by atoms with Crippen LogP contribution in [0.15, 0.2) is 72.9 Å². The van der Waals surface area contributed by atoms with E-state index >= 15 is 0 Å². The SMILES string of the molecule is CC(C)Oc1ccc(C(F)(F)F)cc1-n1cc(-c2ccc(OC(F)(F)F)cc2)c(Oc2ccc(C(=O)NCCC(=O)O)cc2)n1. The Kier molecular flexibility index (Phi) is 9.59. The fraction of sp³-hybridized carbons (Fsp3) is 0.233. The number of hydrogen-bond acceptors (Lipinski definition) is 6. The molecule has 0 saturated heterocycles. The van der Waals surface area contributed by atoms with Crippen LogP contribution in [0.25, 0.3) is 16.8 Å². The average molecular weight is 638 g/mol. The van der Waals surface area contributed by atoms with Crippen molar-refractivity contribution in [2.45, 2.75) is 38.9 Å². The van der Waals surface area contributed by atoms with Crippen LogP contribution in [0.2, 0.25) is 0 Å². The molecule has 45 heavy (non-hydrogen) atoms. The molecule has 238 valence electrons. The normalized spacial score (nSPS) is 11.8. The molecule has 15 heteroatoms. The van der Waals surface area contributed by atoms with Crippen molar-refractivity contribution in [1.29, 1.82) is 0 Å². The minimum atomic E-state index is -4.92. The molecular weight excluding hydrogens is 612 g/mol. The van der Waals surface area contributed by atoms with Gasteiger partial charge in [-0.1, -0.05) is 12.1 Å². The lowest BCUT2D eigenvalue weighted by Gasteiger charge is -2.16. The fourth-order valence-electron chi connectivity index (χ4n) is 3.99. The molecule has 3 aromatic carbocycles. The predicted octanol–water partition coefficient (Wildman–Crippen LogP) is 7.24. The Bertz CT molecular complexity index is 1650. The molecule has 1 amide bonds. The number of hydrogen-bond donors (Lipinski definition) is 2. The number of rotatable bonds is 11. The van der Waals surface area contributed by atoms with Crippen LogP contribution < -0.4 is 19.5 Å². The number of amides is 1. The molecule has 2 N–H and O–H groups in total. The first-order chi connectivity index (χ1) is 21.1. The van der Waals surface area contributed by atoms with E-state index in [2.05, 4.69) is 15.2 Å². The Morgan fingerprint density at radius 2 is 1.58 bits per heavy atom. The molecule has 0 aliphatic carbocycles. The quantitative estimate of drug-likeness (QED) is 0.167. The van der Waals surface area contributed by atoms with Crippen molar-refractivity contribution in [1.82, 2.24) is 15.1 Å². The Morgan fingerprint density at radius 3 is 2.16 bits per heavy atom. The number of nitrogens with zero attached hydrogens (tertiary/aromatic N) is 2. The maximum absolute atomic E-state index is 13.6. The van der Waals surface area contributed by atoms with Gasteiger partial charge in [0.1, 0.15) is 22.9 Å². The molecule has 4 rings (SSSR count). The van der Waals surface area contributed by atoms with Gasteiger partial charge in [-0.15, -0.1) is 18.3 Å². The van der Waals surface area contributed by atoms with Gasteiger partial charge >= 0.3 is 18.5 Å². The number of benzene rings is 3. The minimum absolute atomic E-state index is 0.0748. The summed E-state index contributed by atoms with van der Waals surface area (Å²) in [5.74, 6) is -2.01. The Labute approximate surface area is 251 Å². The van der Waals surface area contributed by atoms with Crippen molar-refractivity contribution in [2.24, 2.45) is 0 Å². The molecule has 0 aliphatic heterocycles. The maximum Gasteiger partial charge on any atom is 0.573 e. The highest BCUT2D eigenvalue weighted by Gasteiger charge is 2.32. The second-order valence-electron chi connectivity index (χ2n) is 9.74. The third kappa shape index (κ3) is 8.90. The summed E-state index contributed by atoms with van der Waals surface area (Å²) >= 11 is 0. The molecule has 0 spiro atoms. The highest BCUT2D eigenvalue weighted by Crippen LogP contribution is 2.38. The van der Waals surface area contributed by atoms with E-state index in [-0.39, 0.29) is 47.2 Å². The number of carboxylic acid groups (broad SMARTS) is 1. The molecule has 0 unspecified atom stereocenters. The molecule has 0 fully saturated rings. The van der Waals surface area contributed by atoms with Crippen LogP contribution in [0.4, 0.5) is 26.3 Å². The van der Waals surface area contributed by atoms with Gasteiger partial charge in [-0.25, -0.2) is 4.68 Å². The molecule has 0 bridgehead atoms. The van der Waals surface area contributed by atoms with E-state index in [9.17, 15) is 35.9 Å². The molecule has 9 nitrogen and oxygen atoms in total. The standard InChI is InChI=1S/C30H25F6N3O6/c1-17(2)43-25-12-7-20(29(31,32)33)15-24(25)39-16-23(18-3-10-22(11-4-18)45-30(34,35)36)28(38-39)44-21-8-5-19(6-9-21)27(42)37-14-13-26(40)41/h3-12,15-17H,13-14H2,1-2H3,(H,37,42)(H,40,41). The fourth-order valence-corrected chi connectivity index (χ4v) is 3.99. The van der Waals surface area contributed by atoms with E-state index in [0.29, 0.717) is 5.56 Å². The zero-order chi connectivity index (χ0) is 32.9. The number of carboxylic acids is 1. The van der Waals surface area contributed by atoms with Gasteiger partial charge in [0.15, 0.2) is 0 Å². The van der Waals surface area contributed by atoms with Crippen LogP contribution in [0.3, 0.4) is 0 Å². The Hall–Kier alpha value is -5.21. The zero-order valence-electron chi connectivity index (χ0n) is 23.6. The van der Waals surface area contributed by atoms with Crippen LogP contribution in [0.1, 0.15) is 36.2 Å². The average Bonchev–Trinajstić information content (AvgIpc) is 3.35. The number of halogens is 6. The van der Waals surface area contributed by atoms with Crippen LogP contribution in [0.5, 0.6) is 23.1 Å². The summed E-state index contributed by atoms with van der Waals surface area (Å²) in [6.45, 7) is 3.29. The van der Waals surface area contributed by atoms with Gasteiger partial charge in [0.2, 0.25) is 5.88 Å². The Balaban J connectivity index is 1.73. The van der Waals surface area contributed by atoms with Crippen molar-refractivity contribution in [2.75, 3.05) is 6.54 Å². The van der Waals surface area contributed by atoms with Gasteiger partial charge in [0.05, 0.1) is 23.7 Å². The minimum Gasteiger partial charge on any atom is -0.489 e. The van der Waals surface area contributed by atoms with Crippen LogP contribution in [-0.2, 0) is 11.0 Å². The number of alkyl halides is 6. The third-order valence-electron chi connectivity index (χ3n) is 5.93. The van der Waals surface area contributed by atoms with Crippen LogP contribution in [-0.4, -0.2) is 45.8 Å². The summed E-state index contributed by atoms with van der Waals surface area (Å²) in [6, 6.07) is 13.2.